The predicted molar refractivity (Wildman–Crippen MR) is 73.3 cm³/mol. The summed E-state index contributed by atoms with van der Waals surface area (Å²) < 4.78 is 5.28. The highest BCUT2D eigenvalue weighted by Gasteiger charge is 2.16. The van der Waals surface area contributed by atoms with Crippen molar-refractivity contribution in [2.45, 2.75) is 52.2 Å². The first-order valence-electron chi connectivity index (χ1n) is 6.31. The Morgan fingerprint density at radius 3 is 2.17 bits per heavy atom. The van der Waals surface area contributed by atoms with Crippen molar-refractivity contribution in [3.63, 3.8) is 0 Å². The zero-order chi connectivity index (χ0) is 13.8. The molecule has 0 aromatic heterocycles. The van der Waals surface area contributed by atoms with Gasteiger partial charge in [-0.15, -0.1) is 0 Å². The first-order valence-corrected chi connectivity index (χ1v) is 6.31. The molecule has 0 saturated carbocycles. The molecule has 0 aliphatic carbocycles. The Kier molecular flexibility index (Phi) is 4.91. The first kappa shape index (κ1) is 14.7. The molecule has 0 fully saturated rings. The van der Waals surface area contributed by atoms with Crippen LogP contribution in [-0.2, 0) is 22.4 Å². The van der Waals surface area contributed by atoms with Crippen LogP contribution in [-0.4, -0.2) is 17.6 Å². The van der Waals surface area contributed by atoms with Crippen LogP contribution < -0.4 is 5.73 Å². The summed E-state index contributed by atoms with van der Waals surface area (Å²) in [6, 6.07) is 8.11. The molecule has 1 aromatic rings. The highest BCUT2D eigenvalue weighted by Crippen LogP contribution is 2.11. The molecule has 3 nitrogen and oxygen atoms in total. The second-order valence-corrected chi connectivity index (χ2v) is 5.76. The van der Waals surface area contributed by atoms with Crippen molar-refractivity contribution in [1.29, 1.82) is 0 Å². The van der Waals surface area contributed by atoms with Crippen LogP contribution in [0.1, 0.15) is 38.8 Å². The Balaban J connectivity index is 2.56. The molecule has 0 unspecified atom stereocenters. The topological polar surface area (TPSA) is 52.3 Å². The van der Waals surface area contributed by atoms with E-state index < -0.39 is 5.60 Å². The van der Waals surface area contributed by atoms with Gasteiger partial charge in [-0.25, -0.2) is 0 Å². The average molecular weight is 249 g/mol. The van der Waals surface area contributed by atoms with Gasteiger partial charge in [-0.05, 0) is 45.2 Å². The molecule has 0 saturated heterocycles. The molecule has 1 atom stereocenters. The molecule has 0 aliphatic heterocycles. The minimum absolute atomic E-state index is 0.154. The lowest BCUT2D eigenvalue weighted by atomic mass is 10.0. The van der Waals surface area contributed by atoms with Gasteiger partial charge in [-0.2, -0.15) is 0 Å². The van der Waals surface area contributed by atoms with Crippen molar-refractivity contribution >= 4 is 5.97 Å². The lowest BCUT2D eigenvalue weighted by Crippen LogP contribution is -2.24. The number of esters is 1. The number of benzene rings is 1. The zero-order valence-corrected chi connectivity index (χ0v) is 11.7. The summed E-state index contributed by atoms with van der Waals surface area (Å²) in [5, 5.41) is 0. The van der Waals surface area contributed by atoms with E-state index in [-0.39, 0.29) is 12.0 Å². The van der Waals surface area contributed by atoms with Gasteiger partial charge in [0.05, 0.1) is 6.42 Å². The zero-order valence-electron chi connectivity index (χ0n) is 11.7. The number of hydrogen-bond acceptors (Lipinski definition) is 3. The smallest absolute Gasteiger partial charge is 0.310 e. The number of hydrogen-bond donors (Lipinski definition) is 1. The van der Waals surface area contributed by atoms with Gasteiger partial charge < -0.3 is 10.5 Å². The molecule has 0 aliphatic rings. The van der Waals surface area contributed by atoms with Gasteiger partial charge in [0.2, 0.25) is 0 Å². The summed E-state index contributed by atoms with van der Waals surface area (Å²) >= 11 is 0. The number of carbonyl (C=O) groups is 1. The quantitative estimate of drug-likeness (QED) is 0.834. The first-order chi connectivity index (χ1) is 8.26. The summed E-state index contributed by atoms with van der Waals surface area (Å²) in [5.41, 5.74) is 7.48. The second-order valence-electron chi connectivity index (χ2n) is 5.76. The van der Waals surface area contributed by atoms with E-state index in [0.717, 1.165) is 12.0 Å². The lowest BCUT2D eigenvalue weighted by Gasteiger charge is -2.19. The molecule has 1 aromatic carbocycles. The van der Waals surface area contributed by atoms with Crippen LogP contribution in [0.15, 0.2) is 24.3 Å². The van der Waals surface area contributed by atoms with Crippen LogP contribution in [0.2, 0.25) is 0 Å². The summed E-state index contributed by atoms with van der Waals surface area (Å²) in [6.45, 7) is 7.60. The predicted octanol–water partition coefficient (Wildman–Crippen LogP) is 2.46. The van der Waals surface area contributed by atoms with E-state index in [2.05, 4.69) is 0 Å². The fourth-order valence-electron chi connectivity index (χ4n) is 1.71. The van der Waals surface area contributed by atoms with Gasteiger partial charge in [0.1, 0.15) is 5.60 Å². The van der Waals surface area contributed by atoms with Crippen LogP contribution in [0.5, 0.6) is 0 Å². The molecular formula is C15H23NO2. The van der Waals surface area contributed by atoms with E-state index in [9.17, 15) is 4.79 Å². The van der Waals surface area contributed by atoms with Gasteiger partial charge in [0.25, 0.3) is 0 Å². The Labute approximate surface area is 109 Å². The van der Waals surface area contributed by atoms with Crippen LogP contribution >= 0.6 is 0 Å². The normalized spacial score (nSPS) is 13.2. The van der Waals surface area contributed by atoms with Gasteiger partial charge in [0, 0.05) is 6.04 Å². The molecule has 2 N–H and O–H groups in total. The van der Waals surface area contributed by atoms with Crippen LogP contribution in [0.3, 0.4) is 0 Å². The summed E-state index contributed by atoms with van der Waals surface area (Å²) in [7, 11) is 0. The monoisotopic (exact) mass is 249 g/mol. The molecule has 3 heteroatoms. The molecule has 0 radical (unpaired) electrons. The largest absolute Gasteiger partial charge is 0.460 e. The highest BCUT2D eigenvalue weighted by molar-refractivity contribution is 5.73. The average Bonchev–Trinajstić information content (AvgIpc) is 2.17. The fourth-order valence-corrected chi connectivity index (χ4v) is 1.71. The molecule has 0 spiro atoms. The number of nitrogens with two attached hydrogens (primary N) is 1. The van der Waals surface area contributed by atoms with Crippen molar-refractivity contribution in [1.82, 2.24) is 0 Å². The van der Waals surface area contributed by atoms with E-state index in [4.69, 9.17) is 10.5 Å². The van der Waals surface area contributed by atoms with Crippen LogP contribution in [0.4, 0.5) is 0 Å². The fraction of sp³-hybridized carbons (Fsp3) is 0.533. The van der Waals surface area contributed by atoms with Crippen LogP contribution in [0.25, 0.3) is 0 Å². The summed E-state index contributed by atoms with van der Waals surface area (Å²) in [5.74, 6) is -0.192. The summed E-state index contributed by atoms with van der Waals surface area (Å²) in [4.78, 5) is 11.6. The van der Waals surface area contributed by atoms with E-state index in [0.29, 0.717) is 6.42 Å². The Morgan fingerprint density at radius 2 is 1.72 bits per heavy atom. The Morgan fingerprint density at radius 1 is 1.22 bits per heavy atom. The van der Waals surface area contributed by atoms with Crippen LogP contribution in [0, 0.1) is 0 Å². The van der Waals surface area contributed by atoms with Gasteiger partial charge in [-0.3, -0.25) is 4.79 Å². The number of ether oxygens (including phenoxy) is 1. The minimum atomic E-state index is -0.425. The third-order valence-corrected chi connectivity index (χ3v) is 2.35. The standard InChI is InChI=1S/C15H23NO2/c1-11(16)9-12-5-7-13(8-6-12)10-14(17)18-15(2,3)4/h5-8,11H,9-10,16H2,1-4H3/t11-/m1/s1. The van der Waals surface area contributed by atoms with Crippen molar-refractivity contribution in [2.24, 2.45) is 5.73 Å². The van der Waals surface area contributed by atoms with E-state index in [1.165, 1.54) is 5.56 Å². The molecule has 0 bridgehead atoms. The molecule has 1 rings (SSSR count). The summed E-state index contributed by atoms with van der Waals surface area (Å²) in [6.07, 6.45) is 1.17. The molecule has 0 heterocycles. The van der Waals surface area contributed by atoms with Gasteiger partial charge >= 0.3 is 5.97 Å². The SMILES string of the molecule is C[C@@H](N)Cc1ccc(CC(=O)OC(C)(C)C)cc1. The molecular weight excluding hydrogens is 226 g/mol. The molecule has 100 valence electrons. The Hall–Kier alpha value is -1.35. The van der Waals surface area contributed by atoms with Crippen molar-refractivity contribution in [3.8, 4) is 0 Å². The highest BCUT2D eigenvalue weighted by atomic mass is 16.6. The van der Waals surface area contributed by atoms with E-state index in [1.54, 1.807) is 0 Å². The second kappa shape index (κ2) is 6.01. The van der Waals surface area contributed by atoms with Gasteiger partial charge in [0.15, 0.2) is 0 Å². The maximum Gasteiger partial charge on any atom is 0.310 e. The third-order valence-electron chi connectivity index (χ3n) is 2.35. The number of carbonyl (C=O) groups excluding carboxylic acids is 1. The molecule has 18 heavy (non-hydrogen) atoms. The van der Waals surface area contributed by atoms with Crippen molar-refractivity contribution < 1.29 is 9.53 Å². The Bertz CT molecular complexity index is 388. The van der Waals surface area contributed by atoms with E-state index in [1.807, 2.05) is 52.0 Å². The lowest BCUT2D eigenvalue weighted by molar-refractivity contribution is -0.153. The van der Waals surface area contributed by atoms with Gasteiger partial charge in [-0.1, -0.05) is 24.3 Å². The maximum atomic E-state index is 11.6. The van der Waals surface area contributed by atoms with Crippen molar-refractivity contribution in [2.75, 3.05) is 0 Å². The number of rotatable bonds is 4. The third kappa shape index (κ3) is 5.82. The minimum Gasteiger partial charge on any atom is -0.460 e. The maximum absolute atomic E-state index is 11.6. The molecule has 0 amide bonds. The van der Waals surface area contributed by atoms with Crippen molar-refractivity contribution in [3.05, 3.63) is 35.4 Å². The van der Waals surface area contributed by atoms with E-state index >= 15 is 0 Å².